The van der Waals surface area contributed by atoms with Crippen molar-refractivity contribution < 1.29 is 24.2 Å². The summed E-state index contributed by atoms with van der Waals surface area (Å²) in [6, 6.07) is 13.2. The fourth-order valence-electron chi connectivity index (χ4n) is 1.96. The van der Waals surface area contributed by atoms with Crippen molar-refractivity contribution in [2.75, 3.05) is 13.2 Å². The number of ether oxygens (including phenoxy) is 2. The smallest absolute Gasteiger partial charge is 0.336 e. The van der Waals surface area contributed by atoms with E-state index in [2.05, 4.69) is 10.5 Å². The van der Waals surface area contributed by atoms with Crippen molar-refractivity contribution >= 4 is 18.1 Å². The molecule has 0 radical (unpaired) electrons. The fraction of sp³-hybridized carbons (Fsp3) is 0.167. The van der Waals surface area contributed by atoms with E-state index in [9.17, 15) is 9.59 Å². The van der Waals surface area contributed by atoms with Gasteiger partial charge in [-0.25, -0.2) is 10.2 Å². The Balaban J connectivity index is 1.83. The first kappa shape index (κ1) is 18.0. The number of carboxylic acid groups (broad SMARTS) is 1. The molecule has 0 spiro atoms. The number of carboxylic acids is 1. The van der Waals surface area contributed by atoms with Gasteiger partial charge in [0.1, 0.15) is 11.5 Å². The third kappa shape index (κ3) is 5.65. The van der Waals surface area contributed by atoms with E-state index in [0.29, 0.717) is 17.9 Å². The van der Waals surface area contributed by atoms with Gasteiger partial charge in [-0.2, -0.15) is 5.10 Å². The molecular weight excluding hydrogens is 324 g/mol. The molecule has 0 aromatic heterocycles. The zero-order chi connectivity index (χ0) is 18.1. The van der Waals surface area contributed by atoms with Crippen LogP contribution in [-0.4, -0.2) is 36.4 Å². The van der Waals surface area contributed by atoms with Gasteiger partial charge in [-0.15, -0.1) is 0 Å². The normalized spacial score (nSPS) is 10.4. The van der Waals surface area contributed by atoms with Crippen LogP contribution in [0.2, 0.25) is 0 Å². The van der Waals surface area contributed by atoms with Crippen molar-refractivity contribution in [3.63, 3.8) is 0 Å². The Kier molecular flexibility index (Phi) is 6.53. The zero-order valence-electron chi connectivity index (χ0n) is 13.6. The highest BCUT2D eigenvalue weighted by Crippen LogP contribution is 2.17. The summed E-state index contributed by atoms with van der Waals surface area (Å²) in [5.41, 5.74) is 2.78. The molecule has 7 heteroatoms. The van der Waals surface area contributed by atoms with Gasteiger partial charge in [-0.1, -0.05) is 18.2 Å². The van der Waals surface area contributed by atoms with E-state index in [1.165, 1.54) is 12.3 Å². The maximum Gasteiger partial charge on any atom is 0.336 e. The Morgan fingerprint density at radius 2 is 1.72 bits per heavy atom. The first-order valence-corrected chi connectivity index (χ1v) is 7.60. The highest BCUT2D eigenvalue weighted by atomic mass is 16.5. The lowest BCUT2D eigenvalue weighted by atomic mass is 10.1. The number of aromatic carboxylic acids is 1. The van der Waals surface area contributed by atoms with Crippen LogP contribution >= 0.6 is 0 Å². The molecule has 2 aromatic carbocycles. The molecular formula is C18H18N2O5. The van der Waals surface area contributed by atoms with E-state index in [-0.39, 0.29) is 12.2 Å². The molecule has 0 saturated heterocycles. The summed E-state index contributed by atoms with van der Waals surface area (Å²) in [4.78, 5) is 22.8. The molecule has 25 heavy (non-hydrogen) atoms. The van der Waals surface area contributed by atoms with Crippen LogP contribution in [0.25, 0.3) is 0 Å². The predicted octanol–water partition coefficient (Wildman–Crippen LogP) is 2.31. The minimum absolute atomic E-state index is 0.103. The number of hydrogen-bond donors (Lipinski definition) is 2. The van der Waals surface area contributed by atoms with Crippen LogP contribution in [0.4, 0.5) is 0 Å². The van der Waals surface area contributed by atoms with Gasteiger partial charge in [-0.3, -0.25) is 4.79 Å². The molecule has 0 heterocycles. The summed E-state index contributed by atoms with van der Waals surface area (Å²) in [5, 5.41) is 12.8. The minimum atomic E-state index is -1.06. The average molecular weight is 342 g/mol. The van der Waals surface area contributed by atoms with Crippen molar-refractivity contribution in [1.29, 1.82) is 0 Å². The quantitative estimate of drug-likeness (QED) is 0.567. The lowest BCUT2D eigenvalue weighted by Crippen LogP contribution is -2.24. The molecule has 2 rings (SSSR count). The van der Waals surface area contributed by atoms with Crippen molar-refractivity contribution in [1.82, 2.24) is 5.43 Å². The van der Waals surface area contributed by atoms with Crippen LogP contribution in [0.3, 0.4) is 0 Å². The maximum atomic E-state index is 11.7. The Hall–Kier alpha value is -3.35. The summed E-state index contributed by atoms with van der Waals surface area (Å²) in [5.74, 6) is -0.273. The number of nitrogens with one attached hydrogen (secondary N) is 1. The Labute approximate surface area is 144 Å². The average Bonchev–Trinajstić information content (AvgIpc) is 2.61. The standard InChI is InChI=1S/C18H18N2O5/c1-2-24-14-7-9-15(10-8-14)25-12-17(21)20-19-11-13-5-3-4-6-16(13)18(22)23/h3-11H,2,12H2,1H3,(H,20,21)(H,22,23)/b19-11+. The monoisotopic (exact) mass is 342 g/mol. The predicted molar refractivity (Wildman–Crippen MR) is 92.2 cm³/mol. The number of benzene rings is 2. The molecule has 0 fully saturated rings. The van der Waals surface area contributed by atoms with Crippen molar-refractivity contribution in [2.45, 2.75) is 6.92 Å². The zero-order valence-corrected chi connectivity index (χ0v) is 13.6. The molecule has 1 amide bonds. The lowest BCUT2D eigenvalue weighted by Gasteiger charge is -2.07. The van der Waals surface area contributed by atoms with Gasteiger partial charge in [0.05, 0.1) is 18.4 Å². The van der Waals surface area contributed by atoms with Crippen LogP contribution in [-0.2, 0) is 4.79 Å². The number of rotatable bonds is 8. The van der Waals surface area contributed by atoms with Gasteiger partial charge in [0.15, 0.2) is 6.61 Å². The molecule has 0 aliphatic heterocycles. The van der Waals surface area contributed by atoms with E-state index in [4.69, 9.17) is 14.6 Å². The highest BCUT2D eigenvalue weighted by Gasteiger charge is 2.07. The second-order valence-corrected chi connectivity index (χ2v) is 4.88. The molecule has 130 valence electrons. The number of nitrogens with zero attached hydrogens (tertiary/aromatic N) is 1. The second kappa shape index (κ2) is 9.07. The van der Waals surface area contributed by atoms with Crippen molar-refractivity contribution in [3.05, 3.63) is 59.7 Å². The van der Waals surface area contributed by atoms with Crippen LogP contribution in [0.15, 0.2) is 53.6 Å². The number of amides is 1. The third-order valence-electron chi connectivity index (χ3n) is 3.09. The van der Waals surface area contributed by atoms with E-state index in [1.807, 2.05) is 6.92 Å². The molecule has 0 atom stereocenters. The summed E-state index contributed by atoms with van der Waals surface area (Å²) in [7, 11) is 0. The number of carbonyl (C=O) groups is 2. The van der Waals surface area contributed by atoms with Crippen LogP contribution in [0, 0.1) is 0 Å². The molecule has 0 unspecified atom stereocenters. The van der Waals surface area contributed by atoms with E-state index < -0.39 is 11.9 Å². The molecule has 2 N–H and O–H groups in total. The molecule has 0 saturated carbocycles. The maximum absolute atomic E-state index is 11.7. The van der Waals surface area contributed by atoms with E-state index in [0.717, 1.165) is 5.75 Å². The number of hydrazone groups is 1. The van der Waals surface area contributed by atoms with Gasteiger partial charge < -0.3 is 14.6 Å². The van der Waals surface area contributed by atoms with Gasteiger partial charge in [0.25, 0.3) is 5.91 Å². The van der Waals surface area contributed by atoms with Crippen LogP contribution in [0.1, 0.15) is 22.8 Å². The summed E-state index contributed by atoms with van der Waals surface area (Å²) in [6.45, 7) is 2.25. The van der Waals surface area contributed by atoms with E-state index >= 15 is 0 Å². The Bertz CT molecular complexity index is 756. The fourth-order valence-corrected chi connectivity index (χ4v) is 1.96. The summed E-state index contributed by atoms with van der Waals surface area (Å²) < 4.78 is 10.6. The molecule has 0 bridgehead atoms. The van der Waals surface area contributed by atoms with Gasteiger partial charge in [0.2, 0.25) is 0 Å². The Morgan fingerprint density at radius 3 is 2.36 bits per heavy atom. The molecule has 2 aromatic rings. The minimum Gasteiger partial charge on any atom is -0.494 e. The molecule has 0 aliphatic carbocycles. The summed E-state index contributed by atoms with van der Waals surface area (Å²) >= 11 is 0. The number of carbonyl (C=O) groups excluding carboxylic acids is 1. The topological polar surface area (TPSA) is 97.2 Å². The van der Waals surface area contributed by atoms with Gasteiger partial charge in [0, 0.05) is 5.56 Å². The first-order valence-electron chi connectivity index (χ1n) is 7.60. The van der Waals surface area contributed by atoms with Crippen molar-refractivity contribution in [3.8, 4) is 11.5 Å². The number of hydrogen-bond acceptors (Lipinski definition) is 5. The van der Waals surface area contributed by atoms with E-state index in [1.54, 1.807) is 42.5 Å². The first-order chi connectivity index (χ1) is 12.1. The third-order valence-corrected chi connectivity index (χ3v) is 3.09. The van der Waals surface area contributed by atoms with Crippen molar-refractivity contribution in [2.24, 2.45) is 5.10 Å². The lowest BCUT2D eigenvalue weighted by molar-refractivity contribution is -0.123. The summed E-state index contributed by atoms with van der Waals surface area (Å²) in [6.07, 6.45) is 1.28. The SMILES string of the molecule is CCOc1ccc(OCC(=O)N/N=C/c2ccccc2C(=O)O)cc1. The highest BCUT2D eigenvalue weighted by molar-refractivity contribution is 5.98. The largest absolute Gasteiger partial charge is 0.494 e. The molecule has 0 aliphatic rings. The van der Waals surface area contributed by atoms with Crippen LogP contribution < -0.4 is 14.9 Å². The van der Waals surface area contributed by atoms with Gasteiger partial charge in [-0.05, 0) is 37.3 Å². The van der Waals surface area contributed by atoms with Gasteiger partial charge >= 0.3 is 5.97 Å². The molecule has 7 nitrogen and oxygen atoms in total. The Morgan fingerprint density at radius 1 is 1.08 bits per heavy atom. The second-order valence-electron chi connectivity index (χ2n) is 4.88. The van der Waals surface area contributed by atoms with Crippen LogP contribution in [0.5, 0.6) is 11.5 Å².